The highest BCUT2D eigenvalue weighted by atomic mass is 35.5. The predicted octanol–water partition coefficient (Wildman–Crippen LogP) is 4.99. The molecule has 0 bridgehead atoms. The van der Waals surface area contributed by atoms with Gasteiger partial charge in [0, 0.05) is 25.5 Å². The van der Waals surface area contributed by atoms with Gasteiger partial charge in [0.25, 0.3) is 0 Å². The molecule has 0 aliphatic carbocycles. The third-order valence-electron chi connectivity index (χ3n) is 3.65. The van der Waals surface area contributed by atoms with Crippen LogP contribution in [0.25, 0.3) is 5.70 Å². The molecule has 0 amide bonds. The van der Waals surface area contributed by atoms with E-state index in [1.165, 1.54) is 12.3 Å². The van der Waals surface area contributed by atoms with Gasteiger partial charge in [-0.3, -0.25) is 4.99 Å². The molecule has 154 valence electrons. The fourth-order valence-corrected chi connectivity index (χ4v) is 2.37. The molecule has 0 aliphatic rings. The number of pyridine rings is 1. The topological polar surface area (TPSA) is 75.1 Å². The molecule has 10 heteroatoms. The molecule has 0 unspecified atom stereocenters. The highest BCUT2D eigenvalue weighted by Crippen LogP contribution is 2.29. The van der Waals surface area contributed by atoms with Crippen LogP contribution in [0.5, 0.6) is 0 Å². The zero-order valence-corrected chi connectivity index (χ0v) is 16.6. The van der Waals surface area contributed by atoms with Crippen LogP contribution in [0.1, 0.15) is 24.0 Å². The highest BCUT2D eigenvalue weighted by molar-refractivity contribution is 6.33. The molecule has 2 aromatic rings. The van der Waals surface area contributed by atoms with Crippen LogP contribution in [0.3, 0.4) is 0 Å². The minimum atomic E-state index is -4.41. The third-order valence-corrected chi connectivity index (χ3v) is 4.11. The molecule has 2 aromatic heterocycles. The van der Waals surface area contributed by atoms with E-state index in [9.17, 15) is 13.2 Å². The molecule has 29 heavy (non-hydrogen) atoms. The van der Waals surface area contributed by atoms with Gasteiger partial charge in [0.1, 0.15) is 22.4 Å². The first kappa shape index (κ1) is 22.4. The van der Waals surface area contributed by atoms with Crippen molar-refractivity contribution >= 4 is 35.1 Å². The maximum absolute atomic E-state index is 12.6. The third kappa shape index (κ3) is 6.28. The van der Waals surface area contributed by atoms with Gasteiger partial charge in [0.05, 0.1) is 11.3 Å². The summed E-state index contributed by atoms with van der Waals surface area (Å²) in [6, 6.07) is 2.25. The largest absolute Gasteiger partial charge is 0.417 e. The average molecular weight is 425 g/mol. The Morgan fingerprint density at radius 3 is 2.55 bits per heavy atom. The van der Waals surface area contributed by atoms with Crippen molar-refractivity contribution in [3.05, 3.63) is 59.2 Å². The van der Waals surface area contributed by atoms with Crippen LogP contribution in [0.15, 0.2) is 42.1 Å². The summed E-state index contributed by atoms with van der Waals surface area (Å²) in [6.07, 6.45) is 1.23. The van der Waals surface area contributed by atoms with Gasteiger partial charge < -0.3 is 10.6 Å². The number of nitrogens with zero attached hydrogens (tertiary/aromatic N) is 4. The van der Waals surface area contributed by atoms with E-state index in [4.69, 9.17) is 11.6 Å². The van der Waals surface area contributed by atoms with E-state index in [0.29, 0.717) is 47.0 Å². The maximum atomic E-state index is 12.6. The molecule has 0 aliphatic heterocycles. The molecular weight excluding hydrogens is 405 g/mol. The van der Waals surface area contributed by atoms with Gasteiger partial charge in [-0.2, -0.15) is 13.2 Å². The van der Waals surface area contributed by atoms with Gasteiger partial charge in [-0.15, -0.1) is 0 Å². The molecule has 0 radical (unpaired) electrons. The maximum Gasteiger partial charge on any atom is 0.417 e. The number of aryl methyl sites for hydroxylation is 1. The van der Waals surface area contributed by atoms with Crippen molar-refractivity contribution in [1.29, 1.82) is 0 Å². The summed E-state index contributed by atoms with van der Waals surface area (Å²) in [5.41, 5.74) is 0.361. The Morgan fingerprint density at radius 2 is 1.97 bits per heavy atom. The highest BCUT2D eigenvalue weighted by Gasteiger charge is 2.30. The van der Waals surface area contributed by atoms with Crippen LogP contribution >= 0.6 is 11.6 Å². The minimum absolute atomic E-state index is 0.334. The van der Waals surface area contributed by atoms with E-state index in [-0.39, 0.29) is 0 Å². The number of rotatable bonds is 8. The van der Waals surface area contributed by atoms with Crippen LogP contribution in [-0.4, -0.2) is 34.3 Å². The lowest BCUT2D eigenvalue weighted by atomic mass is 10.3. The average Bonchev–Trinajstić information content (AvgIpc) is 2.68. The van der Waals surface area contributed by atoms with Gasteiger partial charge in [-0.25, -0.2) is 15.0 Å². The number of nitrogens with one attached hydrogen (secondary N) is 2. The Bertz CT molecular complexity index is 907. The number of hydrogen-bond acceptors (Lipinski definition) is 6. The van der Waals surface area contributed by atoms with Crippen molar-refractivity contribution in [2.45, 2.75) is 20.0 Å². The Morgan fingerprint density at radius 1 is 1.24 bits per heavy atom. The monoisotopic (exact) mass is 424 g/mol. The lowest BCUT2D eigenvalue weighted by molar-refractivity contribution is -0.137. The quantitative estimate of drug-likeness (QED) is 0.461. The summed E-state index contributed by atoms with van der Waals surface area (Å²) in [5, 5.41) is 6.39. The van der Waals surface area contributed by atoms with Crippen LogP contribution < -0.4 is 10.6 Å². The number of hydrogen-bond donors (Lipinski definition) is 2. The normalized spacial score (nSPS) is 12.3. The molecule has 0 saturated carbocycles. The Hall–Kier alpha value is -2.94. The molecule has 0 saturated heterocycles. The zero-order chi connectivity index (χ0) is 21.4. The van der Waals surface area contributed by atoms with Crippen molar-refractivity contribution in [3.63, 3.8) is 0 Å². The molecule has 2 heterocycles. The second-order valence-corrected chi connectivity index (χ2v) is 6.14. The molecule has 2 rings (SSSR count). The number of halogens is 4. The number of alkyl halides is 3. The van der Waals surface area contributed by atoms with Crippen LogP contribution in [0.2, 0.25) is 5.02 Å². The first-order valence-corrected chi connectivity index (χ1v) is 9.01. The van der Waals surface area contributed by atoms with Crippen molar-refractivity contribution in [3.8, 4) is 0 Å². The second kappa shape index (κ2) is 10.0. The fourth-order valence-electron chi connectivity index (χ4n) is 2.22. The van der Waals surface area contributed by atoms with E-state index in [1.54, 1.807) is 19.1 Å². The van der Waals surface area contributed by atoms with Crippen molar-refractivity contribution in [2.24, 2.45) is 4.99 Å². The Balaban J connectivity index is 2.01. The summed E-state index contributed by atoms with van der Waals surface area (Å²) in [5.74, 6) is 1.18. The van der Waals surface area contributed by atoms with Crippen molar-refractivity contribution in [1.82, 2.24) is 15.0 Å². The van der Waals surface area contributed by atoms with E-state index in [1.807, 2.05) is 6.92 Å². The number of aromatic nitrogens is 3. The Kier molecular flexibility index (Phi) is 7.72. The van der Waals surface area contributed by atoms with Crippen LogP contribution in [0.4, 0.5) is 24.8 Å². The molecule has 0 aromatic carbocycles. The molecule has 0 atom stereocenters. The lowest BCUT2D eigenvalue weighted by Gasteiger charge is -2.12. The van der Waals surface area contributed by atoms with E-state index in [0.717, 1.165) is 12.3 Å². The van der Waals surface area contributed by atoms with Gasteiger partial charge >= 0.3 is 6.18 Å². The predicted molar refractivity (Wildman–Crippen MR) is 110 cm³/mol. The molecule has 0 fully saturated rings. The molecule has 0 spiro atoms. The molecule has 6 nitrogen and oxygen atoms in total. The van der Waals surface area contributed by atoms with Gasteiger partial charge in [0.15, 0.2) is 5.82 Å². The summed E-state index contributed by atoms with van der Waals surface area (Å²) in [4.78, 5) is 16.7. The second-order valence-electron chi connectivity index (χ2n) is 5.77. The number of aliphatic imine (C=N–C) groups is 1. The lowest BCUT2D eigenvalue weighted by Crippen LogP contribution is -2.16. The standard InChI is InChI=1S/C19H20ClF3N6/c1-4-8-24-14(5-2)17-28-12(3)16(20)18(29-17)26-10-9-25-15-7-6-13(11-27-15)19(21,22)23/h4-8,11H,1,9-10H2,2-3H3,(H,25,27)(H,26,28,29). The van der Waals surface area contributed by atoms with Crippen LogP contribution in [-0.2, 0) is 6.18 Å². The fraction of sp³-hybridized carbons (Fsp3) is 0.263. The molecule has 2 N–H and O–H groups in total. The van der Waals surface area contributed by atoms with E-state index < -0.39 is 11.7 Å². The smallest absolute Gasteiger partial charge is 0.368 e. The van der Waals surface area contributed by atoms with Crippen molar-refractivity contribution < 1.29 is 13.2 Å². The summed E-state index contributed by atoms with van der Waals surface area (Å²) in [6.45, 7) is 7.95. The minimum Gasteiger partial charge on any atom is -0.368 e. The van der Waals surface area contributed by atoms with E-state index in [2.05, 4.69) is 37.2 Å². The summed E-state index contributed by atoms with van der Waals surface area (Å²) >= 11 is 6.27. The van der Waals surface area contributed by atoms with E-state index >= 15 is 0 Å². The number of allylic oxidation sites excluding steroid dienone is 2. The molecular formula is C19H20ClF3N6. The first-order chi connectivity index (χ1) is 13.8. The summed E-state index contributed by atoms with van der Waals surface area (Å²) < 4.78 is 37.7. The first-order valence-electron chi connectivity index (χ1n) is 8.63. The van der Waals surface area contributed by atoms with Gasteiger partial charge in [0.2, 0.25) is 0 Å². The van der Waals surface area contributed by atoms with Gasteiger partial charge in [-0.1, -0.05) is 30.3 Å². The summed E-state index contributed by atoms with van der Waals surface area (Å²) in [7, 11) is 0. The zero-order valence-electron chi connectivity index (χ0n) is 15.9. The van der Waals surface area contributed by atoms with Crippen LogP contribution in [0, 0.1) is 6.92 Å². The van der Waals surface area contributed by atoms with Crippen molar-refractivity contribution in [2.75, 3.05) is 23.7 Å². The van der Waals surface area contributed by atoms with Gasteiger partial charge in [-0.05, 0) is 26.0 Å². The number of anilines is 2. The Labute approximate surface area is 171 Å². The SMILES string of the molecule is C=CC=NC(=CC)c1nc(C)c(Cl)c(NCCNc2ccc(C(F)(F)F)cn2)n1.